The molecule has 132 valence electrons. The van der Waals surface area contributed by atoms with Crippen LogP contribution in [0.4, 0.5) is 10.5 Å². The molecule has 0 bridgehead atoms. The van der Waals surface area contributed by atoms with Crippen LogP contribution in [0.2, 0.25) is 0 Å². The molecule has 2 aromatic rings. The molecule has 8 heteroatoms. The van der Waals surface area contributed by atoms with E-state index in [9.17, 15) is 9.59 Å². The molecule has 1 saturated heterocycles. The van der Waals surface area contributed by atoms with E-state index < -0.39 is 0 Å². The van der Waals surface area contributed by atoms with Crippen molar-refractivity contribution < 1.29 is 14.3 Å². The Balaban J connectivity index is 1.57. The summed E-state index contributed by atoms with van der Waals surface area (Å²) in [7, 11) is 0. The van der Waals surface area contributed by atoms with Gasteiger partial charge in [0.05, 0.1) is 24.8 Å². The maximum atomic E-state index is 12.5. The topological polar surface area (TPSA) is 83.6 Å². The number of ether oxygens (including phenoxy) is 1. The molecule has 2 heterocycles. The number of carbonyl (C=O) groups is 2. The van der Waals surface area contributed by atoms with Gasteiger partial charge in [-0.1, -0.05) is 6.07 Å². The van der Waals surface area contributed by atoms with Crippen molar-refractivity contribution in [1.29, 1.82) is 0 Å². The summed E-state index contributed by atoms with van der Waals surface area (Å²) in [6.07, 6.45) is 1.75. The number of nitrogens with zero attached hydrogens (tertiary/aromatic N) is 2. The molecular formula is C17H20N4O3S. The highest BCUT2D eigenvalue weighted by atomic mass is 32.1. The van der Waals surface area contributed by atoms with Gasteiger partial charge in [-0.2, -0.15) is 0 Å². The van der Waals surface area contributed by atoms with Crippen molar-refractivity contribution in [3.05, 3.63) is 45.9 Å². The lowest BCUT2D eigenvalue weighted by atomic mass is 10.1. The zero-order valence-electron chi connectivity index (χ0n) is 13.9. The summed E-state index contributed by atoms with van der Waals surface area (Å²) in [5.41, 5.74) is 1.13. The van der Waals surface area contributed by atoms with E-state index in [0.29, 0.717) is 44.1 Å². The second kappa shape index (κ2) is 8.09. The predicted octanol–water partition coefficient (Wildman–Crippen LogP) is 2.25. The van der Waals surface area contributed by atoms with E-state index in [1.165, 1.54) is 0 Å². The van der Waals surface area contributed by atoms with Gasteiger partial charge < -0.3 is 20.3 Å². The zero-order valence-corrected chi connectivity index (χ0v) is 14.8. The molecular weight excluding hydrogens is 340 g/mol. The van der Waals surface area contributed by atoms with Crippen LogP contribution in [0.1, 0.15) is 20.2 Å². The molecule has 1 aliphatic heterocycles. The number of urea groups is 1. The lowest BCUT2D eigenvalue weighted by Gasteiger charge is -2.27. The van der Waals surface area contributed by atoms with E-state index in [0.717, 1.165) is 9.88 Å². The van der Waals surface area contributed by atoms with Crippen molar-refractivity contribution in [3.63, 3.8) is 0 Å². The molecule has 1 aromatic carbocycles. The minimum atomic E-state index is -0.318. The average molecular weight is 360 g/mol. The Morgan fingerprint density at radius 1 is 1.32 bits per heavy atom. The molecule has 3 amide bonds. The van der Waals surface area contributed by atoms with E-state index in [4.69, 9.17) is 4.74 Å². The van der Waals surface area contributed by atoms with Crippen molar-refractivity contribution >= 4 is 29.0 Å². The maximum Gasteiger partial charge on any atom is 0.319 e. The largest absolute Gasteiger partial charge is 0.378 e. The van der Waals surface area contributed by atoms with Crippen LogP contribution in [-0.2, 0) is 11.3 Å². The number of thiazole rings is 1. The number of benzene rings is 1. The van der Waals surface area contributed by atoms with Gasteiger partial charge in [0.1, 0.15) is 0 Å². The Morgan fingerprint density at radius 3 is 2.84 bits per heavy atom. The van der Waals surface area contributed by atoms with Crippen LogP contribution in [0.3, 0.4) is 0 Å². The first-order chi connectivity index (χ1) is 12.1. The Hall–Kier alpha value is -2.45. The molecule has 7 nitrogen and oxygen atoms in total. The second-order valence-electron chi connectivity index (χ2n) is 5.64. The number of rotatable bonds is 4. The molecule has 0 unspecified atom stereocenters. The molecule has 1 aliphatic rings. The van der Waals surface area contributed by atoms with Crippen LogP contribution in [0, 0.1) is 6.92 Å². The van der Waals surface area contributed by atoms with E-state index in [-0.39, 0.29) is 11.9 Å². The number of hydrogen-bond donors (Lipinski definition) is 2. The summed E-state index contributed by atoms with van der Waals surface area (Å²) in [5, 5.41) is 6.50. The lowest BCUT2D eigenvalue weighted by molar-refractivity contribution is 0.0303. The zero-order chi connectivity index (χ0) is 17.6. The van der Waals surface area contributed by atoms with Crippen molar-refractivity contribution in [3.8, 4) is 0 Å². The number of amides is 3. The third-order valence-corrected chi connectivity index (χ3v) is 4.67. The van der Waals surface area contributed by atoms with E-state index in [1.807, 2.05) is 6.92 Å². The normalized spacial score (nSPS) is 14.2. The quantitative estimate of drug-likeness (QED) is 0.876. The fourth-order valence-corrected chi connectivity index (χ4v) is 3.24. The van der Waals surface area contributed by atoms with Crippen molar-refractivity contribution in [2.75, 3.05) is 31.6 Å². The van der Waals surface area contributed by atoms with Crippen LogP contribution in [0.25, 0.3) is 0 Å². The van der Waals surface area contributed by atoms with Gasteiger partial charge in [0.25, 0.3) is 5.91 Å². The highest BCUT2D eigenvalue weighted by Gasteiger charge is 2.18. The first-order valence-electron chi connectivity index (χ1n) is 8.05. The maximum absolute atomic E-state index is 12.5. The van der Waals surface area contributed by atoms with Crippen molar-refractivity contribution in [2.24, 2.45) is 0 Å². The Labute approximate surface area is 150 Å². The van der Waals surface area contributed by atoms with E-state index >= 15 is 0 Å². The van der Waals surface area contributed by atoms with Gasteiger partial charge in [-0.05, 0) is 25.1 Å². The number of aryl methyl sites for hydroxylation is 1. The number of anilines is 1. The van der Waals surface area contributed by atoms with E-state index in [2.05, 4.69) is 15.6 Å². The molecule has 2 N–H and O–H groups in total. The summed E-state index contributed by atoms with van der Waals surface area (Å²) in [5.74, 6) is -0.0486. The van der Waals surface area contributed by atoms with Crippen LogP contribution < -0.4 is 10.6 Å². The Kier molecular flexibility index (Phi) is 5.62. The number of carbonyl (C=O) groups excluding carboxylic acids is 2. The number of aromatic nitrogens is 1. The second-order valence-corrected chi connectivity index (χ2v) is 6.96. The first kappa shape index (κ1) is 17.4. The van der Waals surface area contributed by atoms with Gasteiger partial charge in [0, 0.05) is 35.4 Å². The smallest absolute Gasteiger partial charge is 0.319 e. The minimum Gasteiger partial charge on any atom is -0.378 e. The summed E-state index contributed by atoms with van der Waals surface area (Å²) in [4.78, 5) is 31.4. The highest BCUT2D eigenvalue weighted by molar-refractivity contribution is 7.11. The average Bonchev–Trinajstić information content (AvgIpc) is 3.06. The number of nitrogens with one attached hydrogen (secondary N) is 2. The number of morpholine rings is 1. The molecule has 25 heavy (non-hydrogen) atoms. The molecule has 3 rings (SSSR count). The van der Waals surface area contributed by atoms with Gasteiger partial charge in [-0.15, -0.1) is 11.3 Å². The molecule has 0 saturated carbocycles. The SMILES string of the molecule is Cc1ncc(CNC(=O)Nc2cccc(C(=O)N3CCOCC3)c2)s1. The summed E-state index contributed by atoms with van der Waals surface area (Å²) >= 11 is 1.54. The molecule has 0 atom stereocenters. The molecule has 0 aliphatic carbocycles. The Bertz CT molecular complexity index is 756. The molecule has 0 radical (unpaired) electrons. The monoisotopic (exact) mass is 360 g/mol. The van der Waals surface area contributed by atoms with Crippen LogP contribution in [-0.4, -0.2) is 48.1 Å². The van der Waals surface area contributed by atoms with Crippen LogP contribution >= 0.6 is 11.3 Å². The number of hydrogen-bond acceptors (Lipinski definition) is 5. The summed E-state index contributed by atoms with van der Waals surface area (Å²) < 4.78 is 5.26. The van der Waals surface area contributed by atoms with Crippen LogP contribution in [0.5, 0.6) is 0 Å². The predicted molar refractivity (Wildman–Crippen MR) is 95.9 cm³/mol. The van der Waals surface area contributed by atoms with E-state index in [1.54, 1.807) is 46.7 Å². The lowest BCUT2D eigenvalue weighted by Crippen LogP contribution is -2.40. The van der Waals surface area contributed by atoms with Gasteiger partial charge in [-0.3, -0.25) is 4.79 Å². The minimum absolute atomic E-state index is 0.0486. The molecule has 1 fully saturated rings. The molecule has 0 spiro atoms. The van der Waals surface area contributed by atoms with Crippen molar-refractivity contribution in [1.82, 2.24) is 15.2 Å². The fourth-order valence-electron chi connectivity index (χ4n) is 2.51. The third kappa shape index (κ3) is 4.77. The van der Waals surface area contributed by atoms with Gasteiger partial charge >= 0.3 is 6.03 Å². The molecule has 1 aromatic heterocycles. The van der Waals surface area contributed by atoms with Gasteiger partial charge in [0.15, 0.2) is 0 Å². The summed E-state index contributed by atoms with van der Waals surface area (Å²) in [6.45, 7) is 4.64. The third-order valence-electron chi connectivity index (χ3n) is 3.76. The van der Waals surface area contributed by atoms with Crippen molar-refractivity contribution in [2.45, 2.75) is 13.5 Å². The highest BCUT2D eigenvalue weighted by Crippen LogP contribution is 2.14. The van der Waals surface area contributed by atoms with Gasteiger partial charge in [-0.25, -0.2) is 9.78 Å². The van der Waals surface area contributed by atoms with Crippen LogP contribution in [0.15, 0.2) is 30.5 Å². The summed E-state index contributed by atoms with van der Waals surface area (Å²) in [6, 6.07) is 6.64. The standard InChI is InChI=1S/C17H20N4O3S/c1-12-18-10-15(25-12)11-19-17(23)20-14-4-2-3-13(9-14)16(22)21-5-7-24-8-6-21/h2-4,9-10H,5-8,11H2,1H3,(H2,19,20,23). The first-order valence-corrected chi connectivity index (χ1v) is 8.87. The Morgan fingerprint density at radius 2 is 2.12 bits per heavy atom. The fraction of sp³-hybridized carbons (Fsp3) is 0.353. The van der Waals surface area contributed by atoms with Gasteiger partial charge in [0.2, 0.25) is 0 Å².